The highest BCUT2D eigenvalue weighted by atomic mass is 32.1. The molecule has 1 amide bonds. The van der Waals surface area contributed by atoms with Gasteiger partial charge in [-0.3, -0.25) is 4.79 Å². The molecule has 1 aromatic carbocycles. The van der Waals surface area contributed by atoms with E-state index >= 15 is 0 Å². The van der Waals surface area contributed by atoms with Crippen LogP contribution in [0.2, 0.25) is 0 Å². The lowest BCUT2D eigenvalue weighted by Gasteiger charge is -2.11. The molecule has 3 N–H and O–H groups in total. The van der Waals surface area contributed by atoms with Crippen LogP contribution in [0.4, 0.5) is 5.69 Å². The Balaban J connectivity index is 2.77. The number of carboxylic acid groups (broad SMARTS) is 1. The minimum atomic E-state index is -0.980. The van der Waals surface area contributed by atoms with E-state index in [1.165, 1.54) is 12.1 Å². The Bertz CT molecular complexity index is 500. The highest BCUT2D eigenvalue weighted by Gasteiger charge is 2.07. The maximum atomic E-state index is 11.1. The predicted molar refractivity (Wildman–Crippen MR) is 72.8 cm³/mol. The lowest BCUT2D eigenvalue weighted by molar-refractivity contribution is -0.119. The minimum Gasteiger partial charge on any atom is -0.478 e. The molecule has 6 heteroatoms. The van der Waals surface area contributed by atoms with Crippen molar-refractivity contribution in [2.45, 2.75) is 20.3 Å². The molecule has 0 radical (unpaired) electrons. The van der Waals surface area contributed by atoms with Crippen LogP contribution in [0.15, 0.2) is 18.2 Å². The number of hydrogen-bond donors (Lipinski definition) is 3. The zero-order valence-corrected chi connectivity index (χ0v) is 10.9. The van der Waals surface area contributed by atoms with Gasteiger partial charge in [0.15, 0.2) is 5.11 Å². The van der Waals surface area contributed by atoms with E-state index in [0.29, 0.717) is 12.1 Å². The van der Waals surface area contributed by atoms with Crippen molar-refractivity contribution in [3.63, 3.8) is 0 Å². The van der Waals surface area contributed by atoms with E-state index in [9.17, 15) is 9.59 Å². The van der Waals surface area contributed by atoms with Crippen LogP contribution in [0.25, 0.3) is 0 Å². The van der Waals surface area contributed by atoms with Crippen LogP contribution in [0.1, 0.15) is 29.3 Å². The summed E-state index contributed by atoms with van der Waals surface area (Å²) < 4.78 is 0. The largest absolute Gasteiger partial charge is 0.478 e. The Morgan fingerprint density at radius 2 is 2.06 bits per heavy atom. The van der Waals surface area contributed by atoms with Crippen LogP contribution in [0.5, 0.6) is 0 Å². The summed E-state index contributed by atoms with van der Waals surface area (Å²) in [6, 6.07) is 4.63. The molecule has 0 heterocycles. The van der Waals surface area contributed by atoms with Gasteiger partial charge in [-0.05, 0) is 42.9 Å². The molecule has 1 aromatic rings. The minimum absolute atomic E-state index is 0.174. The highest BCUT2D eigenvalue weighted by molar-refractivity contribution is 7.80. The number of amides is 1. The van der Waals surface area contributed by atoms with Gasteiger partial charge in [0.2, 0.25) is 5.91 Å². The lowest BCUT2D eigenvalue weighted by atomic mass is 10.1. The van der Waals surface area contributed by atoms with Crippen molar-refractivity contribution in [1.82, 2.24) is 5.32 Å². The number of rotatable bonds is 3. The van der Waals surface area contributed by atoms with E-state index in [0.717, 1.165) is 5.56 Å². The summed E-state index contributed by atoms with van der Waals surface area (Å²) in [6.45, 7) is 3.49. The molecule has 0 unspecified atom stereocenters. The van der Waals surface area contributed by atoms with Gasteiger partial charge >= 0.3 is 5.97 Å². The second-order valence-electron chi connectivity index (χ2n) is 3.69. The Morgan fingerprint density at radius 3 is 2.56 bits per heavy atom. The fourth-order valence-electron chi connectivity index (χ4n) is 1.31. The summed E-state index contributed by atoms with van der Waals surface area (Å²) in [5.41, 5.74) is 1.62. The Labute approximate surface area is 110 Å². The molecule has 18 heavy (non-hydrogen) atoms. The van der Waals surface area contributed by atoms with Crippen LogP contribution in [-0.2, 0) is 4.79 Å². The summed E-state index contributed by atoms with van der Waals surface area (Å²) >= 11 is 4.96. The molecule has 5 nitrogen and oxygen atoms in total. The normalized spacial score (nSPS) is 9.67. The number of anilines is 1. The smallest absolute Gasteiger partial charge is 0.335 e. The van der Waals surface area contributed by atoms with Crippen molar-refractivity contribution in [1.29, 1.82) is 0 Å². The van der Waals surface area contributed by atoms with Crippen molar-refractivity contribution < 1.29 is 14.7 Å². The van der Waals surface area contributed by atoms with E-state index in [2.05, 4.69) is 10.6 Å². The molecule has 0 saturated heterocycles. The van der Waals surface area contributed by atoms with Gasteiger partial charge in [-0.1, -0.05) is 6.92 Å². The molecule has 0 atom stereocenters. The van der Waals surface area contributed by atoms with Crippen LogP contribution >= 0.6 is 12.2 Å². The third-order valence-electron chi connectivity index (χ3n) is 2.30. The van der Waals surface area contributed by atoms with E-state index in [1.807, 2.05) is 0 Å². The fourth-order valence-corrected chi connectivity index (χ4v) is 1.53. The molecule has 0 fully saturated rings. The van der Waals surface area contributed by atoms with E-state index in [4.69, 9.17) is 17.3 Å². The maximum absolute atomic E-state index is 11.1. The molecule has 1 rings (SSSR count). The molecule has 0 saturated carbocycles. The average molecular weight is 266 g/mol. The van der Waals surface area contributed by atoms with Crippen molar-refractivity contribution >= 4 is 34.9 Å². The first-order valence-electron chi connectivity index (χ1n) is 5.38. The summed E-state index contributed by atoms with van der Waals surface area (Å²) in [5, 5.41) is 14.4. The lowest BCUT2D eigenvalue weighted by Crippen LogP contribution is -2.33. The first-order valence-corrected chi connectivity index (χ1v) is 5.79. The number of aryl methyl sites for hydroxylation is 1. The summed E-state index contributed by atoms with van der Waals surface area (Å²) in [4.78, 5) is 21.9. The summed E-state index contributed by atoms with van der Waals surface area (Å²) in [7, 11) is 0. The molecule has 0 spiro atoms. The number of thiocarbonyl (C=S) groups is 1. The van der Waals surface area contributed by atoms with Crippen LogP contribution in [0, 0.1) is 6.92 Å². The van der Waals surface area contributed by atoms with Gasteiger partial charge in [0.1, 0.15) is 0 Å². The predicted octanol–water partition coefficient (Wildman–Crippen LogP) is 1.92. The van der Waals surface area contributed by atoms with Crippen molar-refractivity contribution in [3.05, 3.63) is 29.3 Å². The second-order valence-corrected chi connectivity index (χ2v) is 4.10. The van der Waals surface area contributed by atoms with Gasteiger partial charge in [0.05, 0.1) is 5.56 Å². The summed E-state index contributed by atoms with van der Waals surface area (Å²) in [5.74, 6) is -1.15. The van der Waals surface area contributed by atoms with Crippen molar-refractivity contribution in [3.8, 4) is 0 Å². The maximum Gasteiger partial charge on any atom is 0.335 e. The van der Waals surface area contributed by atoms with Gasteiger partial charge in [-0.2, -0.15) is 0 Å². The molecule has 0 aliphatic heterocycles. The van der Waals surface area contributed by atoms with Crippen LogP contribution in [0.3, 0.4) is 0 Å². The number of carboxylic acids is 1. The van der Waals surface area contributed by atoms with E-state index in [-0.39, 0.29) is 16.6 Å². The van der Waals surface area contributed by atoms with E-state index < -0.39 is 5.97 Å². The van der Waals surface area contributed by atoms with Gasteiger partial charge in [0, 0.05) is 12.1 Å². The van der Waals surface area contributed by atoms with E-state index in [1.54, 1.807) is 19.9 Å². The highest BCUT2D eigenvalue weighted by Crippen LogP contribution is 2.16. The number of carbonyl (C=O) groups is 2. The Kier molecular flexibility index (Phi) is 4.79. The number of carbonyl (C=O) groups excluding carboxylic acids is 1. The Morgan fingerprint density at radius 1 is 1.39 bits per heavy atom. The van der Waals surface area contributed by atoms with Gasteiger partial charge < -0.3 is 15.7 Å². The zero-order chi connectivity index (χ0) is 13.7. The molecule has 0 aromatic heterocycles. The van der Waals surface area contributed by atoms with Gasteiger partial charge in [0.25, 0.3) is 0 Å². The average Bonchev–Trinajstić information content (AvgIpc) is 2.31. The molecule has 96 valence electrons. The first kappa shape index (κ1) is 14.1. The monoisotopic (exact) mass is 266 g/mol. The number of nitrogens with one attached hydrogen (secondary N) is 2. The topological polar surface area (TPSA) is 78.4 Å². The molecule has 0 aliphatic rings. The number of aromatic carboxylic acids is 1. The van der Waals surface area contributed by atoms with Crippen molar-refractivity contribution in [2.75, 3.05) is 5.32 Å². The molecule has 0 bridgehead atoms. The van der Waals surface area contributed by atoms with Gasteiger partial charge in [-0.25, -0.2) is 4.79 Å². The van der Waals surface area contributed by atoms with Gasteiger partial charge in [-0.15, -0.1) is 0 Å². The number of benzene rings is 1. The third-order valence-corrected chi connectivity index (χ3v) is 2.50. The third kappa shape index (κ3) is 3.81. The van der Waals surface area contributed by atoms with Crippen LogP contribution in [-0.4, -0.2) is 22.1 Å². The summed E-state index contributed by atoms with van der Waals surface area (Å²) in [6.07, 6.45) is 0.346. The molecular weight excluding hydrogens is 252 g/mol. The molecule has 0 aliphatic carbocycles. The standard InChI is InChI=1S/C12H14N2O3S/c1-3-10(15)14-12(18)13-9-5-4-8(11(16)17)6-7(9)2/h4-6H,3H2,1-2H3,(H,16,17)(H2,13,14,15,18). The zero-order valence-electron chi connectivity index (χ0n) is 10.1. The Hall–Kier alpha value is -1.95. The molecular formula is C12H14N2O3S. The number of hydrogen-bond acceptors (Lipinski definition) is 3. The van der Waals surface area contributed by atoms with Crippen molar-refractivity contribution in [2.24, 2.45) is 0 Å². The SMILES string of the molecule is CCC(=O)NC(=S)Nc1ccc(C(=O)O)cc1C. The van der Waals surface area contributed by atoms with Crippen LogP contribution < -0.4 is 10.6 Å². The second kappa shape index (κ2) is 6.11. The first-order chi connectivity index (χ1) is 8.43. The fraction of sp³-hybridized carbons (Fsp3) is 0.250. The quantitative estimate of drug-likeness (QED) is 0.728.